The first-order valence-corrected chi connectivity index (χ1v) is 8.63. The molecule has 1 saturated heterocycles. The molecule has 1 aliphatic heterocycles. The molecule has 2 aliphatic rings. The summed E-state index contributed by atoms with van der Waals surface area (Å²) in [7, 11) is 0. The first kappa shape index (κ1) is 15.3. The van der Waals surface area contributed by atoms with E-state index in [1.54, 1.807) is 0 Å². The van der Waals surface area contributed by atoms with Crippen LogP contribution in [-0.2, 0) is 0 Å². The standard InChI is InChI=1S/C17H34N2/c1-4-11-18-15(2)14-16(3)19-12-9-17(10-13-19)7-5-6-8-17/h15-16,18H,4-14H2,1-3H3. The van der Waals surface area contributed by atoms with Crippen molar-refractivity contribution in [1.29, 1.82) is 0 Å². The van der Waals surface area contributed by atoms with Crippen molar-refractivity contribution in [2.45, 2.75) is 84.2 Å². The number of likely N-dealkylation sites (tertiary alicyclic amines) is 1. The number of hydrogen-bond acceptors (Lipinski definition) is 2. The Morgan fingerprint density at radius 2 is 1.68 bits per heavy atom. The average molecular weight is 266 g/mol. The molecule has 2 atom stereocenters. The molecule has 2 fully saturated rings. The first-order chi connectivity index (χ1) is 9.15. The fourth-order valence-electron chi connectivity index (χ4n) is 4.20. The SMILES string of the molecule is CCCNC(C)CC(C)N1CCC2(CCCC2)CC1. The van der Waals surface area contributed by atoms with Crippen molar-refractivity contribution in [3.63, 3.8) is 0 Å². The zero-order valence-electron chi connectivity index (χ0n) is 13.4. The van der Waals surface area contributed by atoms with Gasteiger partial charge in [-0.15, -0.1) is 0 Å². The normalized spacial score (nSPS) is 26.7. The van der Waals surface area contributed by atoms with Crippen LogP contribution in [0.4, 0.5) is 0 Å². The second kappa shape index (κ2) is 7.08. The van der Waals surface area contributed by atoms with Gasteiger partial charge >= 0.3 is 0 Å². The summed E-state index contributed by atoms with van der Waals surface area (Å²) in [5.41, 5.74) is 0.766. The van der Waals surface area contributed by atoms with E-state index in [4.69, 9.17) is 0 Å². The summed E-state index contributed by atoms with van der Waals surface area (Å²) in [6, 6.07) is 1.41. The van der Waals surface area contributed by atoms with E-state index in [0.717, 1.165) is 18.0 Å². The Bertz CT molecular complexity index is 248. The fraction of sp³-hybridized carbons (Fsp3) is 1.00. The van der Waals surface area contributed by atoms with Gasteiger partial charge in [0.25, 0.3) is 0 Å². The maximum atomic E-state index is 3.62. The van der Waals surface area contributed by atoms with Crippen LogP contribution in [0.15, 0.2) is 0 Å². The van der Waals surface area contributed by atoms with Gasteiger partial charge in [0.15, 0.2) is 0 Å². The Labute approximate surface area is 120 Å². The molecule has 0 aromatic carbocycles. The van der Waals surface area contributed by atoms with Crippen LogP contribution in [0.5, 0.6) is 0 Å². The van der Waals surface area contributed by atoms with Crippen LogP contribution in [0.2, 0.25) is 0 Å². The average Bonchev–Trinajstić information content (AvgIpc) is 2.85. The lowest BCUT2D eigenvalue weighted by Crippen LogP contribution is -2.45. The lowest BCUT2D eigenvalue weighted by atomic mass is 9.76. The van der Waals surface area contributed by atoms with E-state index in [2.05, 4.69) is 31.0 Å². The predicted octanol–water partition coefficient (Wildman–Crippen LogP) is 3.81. The molecule has 0 bridgehead atoms. The Morgan fingerprint density at radius 1 is 1.05 bits per heavy atom. The van der Waals surface area contributed by atoms with Crippen LogP contribution in [0.1, 0.15) is 72.1 Å². The molecule has 0 amide bonds. The van der Waals surface area contributed by atoms with E-state index in [1.165, 1.54) is 64.5 Å². The third-order valence-electron chi connectivity index (χ3n) is 5.58. The van der Waals surface area contributed by atoms with Gasteiger partial charge in [-0.05, 0) is 77.4 Å². The van der Waals surface area contributed by atoms with E-state index >= 15 is 0 Å². The molecular weight excluding hydrogens is 232 g/mol. The molecule has 1 N–H and O–H groups in total. The van der Waals surface area contributed by atoms with Crippen LogP contribution in [0, 0.1) is 5.41 Å². The summed E-state index contributed by atoms with van der Waals surface area (Å²) >= 11 is 0. The summed E-state index contributed by atoms with van der Waals surface area (Å²) in [5.74, 6) is 0. The molecule has 0 aromatic rings. The van der Waals surface area contributed by atoms with Gasteiger partial charge in [0.2, 0.25) is 0 Å². The maximum absolute atomic E-state index is 3.62. The number of rotatable bonds is 6. The number of hydrogen-bond donors (Lipinski definition) is 1. The highest BCUT2D eigenvalue weighted by molar-refractivity contribution is 4.91. The number of nitrogens with one attached hydrogen (secondary N) is 1. The highest BCUT2D eigenvalue weighted by Gasteiger charge is 2.37. The molecule has 2 heteroatoms. The molecule has 112 valence electrons. The minimum absolute atomic E-state index is 0.664. The van der Waals surface area contributed by atoms with Gasteiger partial charge < -0.3 is 10.2 Å². The minimum atomic E-state index is 0.664. The molecule has 2 rings (SSSR count). The first-order valence-electron chi connectivity index (χ1n) is 8.63. The molecule has 0 aromatic heterocycles. The third-order valence-corrected chi connectivity index (χ3v) is 5.58. The van der Waals surface area contributed by atoms with Crippen LogP contribution in [0.25, 0.3) is 0 Å². The molecule has 1 aliphatic carbocycles. The zero-order valence-corrected chi connectivity index (χ0v) is 13.4. The van der Waals surface area contributed by atoms with Gasteiger partial charge in [-0.3, -0.25) is 0 Å². The van der Waals surface area contributed by atoms with Gasteiger partial charge in [0.1, 0.15) is 0 Å². The van der Waals surface area contributed by atoms with Gasteiger partial charge in [-0.2, -0.15) is 0 Å². The summed E-state index contributed by atoms with van der Waals surface area (Å²) in [6.45, 7) is 10.9. The van der Waals surface area contributed by atoms with Crippen molar-refractivity contribution in [3.8, 4) is 0 Å². The molecule has 2 unspecified atom stereocenters. The maximum Gasteiger partial charge on any atom is 0.00816 e. The minimum Gasteiger partial charge on any atom is -0.314 e. The quantitative estimate of drug-likeness (QED) is 0.786. The molecule has 2 nitrogen and oxygen atoms in total. The van der Waals surface area contributed by atoms with Crippen molar-refractivity contribution in [1.82, 2.24) is 10.2 Å². The van der Waals surface area contributed by atoms with Gasteiger partial charge in [-0.25, -0.2) is 0 Å². The third kappa shape index (κ3) is 4.19. The van der Waals surface area contributed by atoms with E-state index in [0.29, 0.717) is 6.04 Å². The van der Waals surface area contributed by atoms with Gasteiger partial charge in [0.05, 0.1) is 0 Å². The number of piperidine rings is 1. The van der Waals surface area contributed by atoms with Gasteiger partial charge in [-0.1, -0.05) is 19.8 Å². The second-order valence-electron chi connectivity index (χ2n) is 7.18. The van der Waals surface area contributed by atoms with E-state index in [9.17, 15) is 0 Å². The van der Waals surface area contributed by atoms with Crippen LogP contribution in [-0.4, -0.2) is 36.6 Å². The molecule has 1 heterocycles. The van der Waals surface area contributed by atoms with Crippen LogP contribution >= 0.6 is 0 Å². The highest BCUT2D eigenvalue weighted by atomic mass is 15.2. The molecule has 1 saturated carbocycles. The smallest absolute Gasteiger partial charge is 0.00816 e. The van der Waals surface area contributed by atoms with Crippen molar-refractivity contribution in [3.05, 3.63) is 0 Å². The van der Waals surface area contributed by atoms with Gasteiger partial charge in [0, 0.05) is 12.1 Å². The van der Waals surface area contributed by atoms with E-state index in [1.807, 2.05) is 0 Å². The molecule has 1 spiro atoms. The van der Waals surface area contributed by atoms with E-state index in [-0.39, 0.29) is 0 Å². The predicted molar refractivity (Wildman–Crippen MR) is 83.5 cm³/mol. The Kier molecular flexibility index (Phi) is 5.70. The van der Waals surface area contributed by atoms with Crippen molar-refractivity contribution in [2.24, 2.45) is 5.41 Å². The largest absolute Gasteiger partial charge is 0.314 e. The second-order valence-corrected chi connectivity index (χ2v) is 7.18. The van der Waals surface area contributed by atoms with Crippen LogP contribution in [0.3, 0.4) is 0 Å². The Morgan fingerprint density at radius 3 is 2.26 bits per heavy atom. The lowest BCUT2D eigenvalue weighted by molar-refractivity contribution is 0.0755. The molecular formula is C17H34N2. The van der Waals surface area contributed by atoms with Crippen molar-refractivity contribution in [2.75, 3.05) is 19.6 Å². The molecule has 0 radical (unpaired) electrons. The highest BCUT2D eigenvalue weighted by Crippen LogP contribution is 2.46. The fourth-order valence-corrected chi connectivity index (χ4v) is 4.20. The number of nitrogens with zero attached hydrogens (tertiary/aromatic N) is 1. The lowest BCUT2D eigenvalue weighted by Gasteiger charge is -2.42. The Hall–Kier alpha value is -0.0800. The Balaban J connectivity index is 1.71. The van der Waals surface area contributed by atoms with E-state index < -0.39 is 0 Å². The van der Waals surface area contributed by atoms with Crippen LogP contribution < -0.4 is 5.32 Å². The zero-order chi connectivity index (χ0) is 13.7. The molecule has 19 heavy (non-hydrogen) atoms. The summed E-state index contributed by atoms with van der Waals surface area (Å²) < 4.78 is 0. The van der Waals surface area contributed by atoms with Crippen molar-refractivity contribution < 1.29 is 0 Å². The topological polar surface area (TPSA) is 15.3 Å². The van der Waals surface area contributed by atoms with Crippen molar-refractivity contribution >= 4 is 0 Å². The summed E-state index contributed by atoms with van der Waals surface area (Å²) in [6.07, 6.45) is 11.5. The summed E-state index contributed by atoms with van der Waals surface area (Å²) in [5, 5.41) is 3.62. The summed E-state index contributed by atoms with van der Waals surface area (Å²) in [4.78, 5) is 2.74. The monoisotopic (exact) mass is 266 g/mol.